The van der Waals surface area contributed by atoms with Gasteiger partial charge >= 0.3 is 0 Å². The van der Waals surface area contributed by atoms with Crippen LogP contribution in [0.25, 0.3) is 11.5 Å². The summed E-state index contributed by atoms with van der Waals surface area (Å²) in [6.07, 6.45) is 2.54. The molecule has 0 amide bonds. The summed E-state index contributed by atoms with van der Waals surface area (Å²) in [4.78, 5) is 13.4. The van der Waals surface area contributed by atoms with E-state index in [1.807, 2.05) is 30.3 Å². The van der Waals surface area contributed by atoms with Crippen molar-refractivity contribution < 1.29 is 4.42 Å². The van der Waals surface area contributed by atoms with Gasteiger partial charge in [0.2, 0.25) is 5.89 Å². The normalized spacial score (nSPS) is 11.4. The number of nitrogens with one attached hydrogen (secondary N) is 2. The minimum Gasteiger partial charge on any atom is -0.444 e. The molecule has 0 radical (unpaired) electrons. The highest BCUT2D eigenvalue weighted by Gasteiger charge is 2.08. The molecule has 0 saturated heterocycles. The second-order valence-electron chi connectivity index (χ2n) is 6.44. The van der Waals surface area contributed by atoms with Crippen molar-refractivity contribution in [3.63, 3.8) is 0 Å². The van der Waals surface area contributed by atoms with E-state index in [9.17, 15) is 0 Å². The van der Waals surface area contributed by atoms with Crippen molar-refractivity contribution in [2.45, 2.75) is 32.7 Å². The topological polar surface area (TPSA) is 75.3 Å². The number of aromatic nitrogens is 2. The first-order chi connectivity index (χ1) is 13.2. The molecule has 6 nitrogen and oxygen atoms in total. The van der Waals surface area contributed by atoms with Gasteiger partial charge in [-0.1, -0.05) is 32.0 Å². The SMILES string of the molecule is CN=C(NCCc1csc(C(C)C)n1)NCc1coc(-c2ccccc2)n1.I. The lowest BCUT2D eigenvalue weighted by molar-refractivity contribution is 0.572. The third kappa shape index (κ3) is 6.30. The largest absolute Gasteiger partial charge is 0.444 e. The van der Waals surface area contributed by atoms with Gasteiger partial charge in [-0.15, -0.1) is 35.3 Å². The number of benzene rings is 1. The fourth-order valence-electron chi connectivity index (χ4n) is 2.51. The van der Waals surface area contributed by atoms with E-state index >= 15 is 0 Å². The summed E-state index contributed by atoms with van der Waals surface area (Å²) in [5.41, 5.74) is 2.92. The molecule has 150 valence electrons. The summed E-state index contributed by atoms with van der Waals surface area (Å²) in [7, 11) is 1.76. The van der Waals surface area contributed by atoms with E-state index in [1.54, 1.807) is 24.6 Å². The fraction of sp³-hybridized carbons (Fsp3) is 0.350. The van der Waals surface area contributed by atoms with Crippen LogP contribution in [0.3, 0.4) is 0 Å². The van der Waals surface area contributed by atoms with E-state index in [0.29, 0.717) is 18.4 Å². The molecule has 1 aromatic carbocycles. The van der Waals surface area contributed by atoms with Crippen molar-refractivity contribution in [1.29, 1.82) is 0 Å². The quantitative estimate of drug-likeness (QED) is 0.279. The zero-order chi connectivity index (χ0) is 19.1. The Balaban J connectivity index is 0.00000280. The van der Waals surface area contributed by atoms with Gasteiger partial charge < -0.3 is 15.1 Å². The fourth-order valence-corrected chi connectivity index (χ4v) is 3.38. The number of halogens is 1. The Bertz CT molecular complexity index is 876. The van der Waals surface area contributed by atoms with E-state index in [2.05, 4.69) is 44.8 Å². The van der Waals surface area contributed by atoms with Crippen LogP contribution in [-0.2, 0) is 13.0 Å². The van der Waals surface area contributed by atoms with Gasteiger partial charge in [-0.25, -0.2) is 9.97 Å². The van der Waals surface area contributed by atoms with E-state index in [0.717, 1.165) is 35.9 Å². The second-order valence-corrected chi connectivity index (χ2v) is 7.33. The van der Waals surface area contributed by atoms with Gasteiger partial charge in [0, 0.05) is 36.9 Å². The van der Waals surface area contributed by atoms with Gasteiger partial charge in [-0.05, 0) is 12.1 Å². The molecule has 8 heteroatoms. The van der Waals surface area contributed by atoms with Crippen LogP contribution in [0.15, 0.2) is 51.4 Å². The zero-order valence-corrected chi connectivity index (χ0v) is 19.5. The monoisotopic (exact) mass is 511 g/mol. The maximum absolute atomic E-state index is 5.56. The molecule has 0 saturated carbocycles. The molecule has 0 spiro atoms. The number of oxazole rings is 1. The number of guanidine groups is 1. The maximum Gasteiger partial charge on any atom is 0.226 e. The molecule has 0 aliphatic heterocycles. The molecule has 3 aromatic rings. The van der Waals surface area contributed by atoms with Crippen molar-refractivity contribution in [1.82, 2.24) is 20.6 Å². The molecule has 0 bridgehead atoms. The van der Waals surface area contributed by atoms with Gasteiger partial charge in [-0.2, -0.15) is 0 Å². The molecule has 28 heavy (non-hydrogen) atoms. The van der Waals surface area contributed by atoms with E-state index < -0.39 is 0 Å². The van der Waals surface area contributed by atoms with Crippen molar-refractivity contribution in [3.8, 4) is 11.5 Å². The van der Waals surface area contributed by atoms with Crippen LogP contribution in [0.2, 0.25) is 0 Å². The molecule has 0 unspecified atom stereocenters. The predicted molar refractivity (Wildman–Crippen MR) is 125 cm³/mol. The van der Waals surface area contributed by atoms with Crippen molar-refractivity contribution in [2.75, 3.05) is 13.6 Å². The highest BCUT2D eigenvalue weighted by molar-refractivity contribution is 14.0. The lowest BCUT2D eigenvalue weighted by Gasteiger charge is -2.10. The Morgan fingerprint density at radius 2 is 1.93 bits per heavy atom. The summed E-state index contributed by atoms with van der Waals surface area (Å²) >= 11 is 1.73. The molecular formula is C20H26IN5OS. The lowest BCUT2D eigenvalue weighted by atomic mass is 10.2. The van der Waals surface area contributed by atoms with Crippen molar-refractivity contribution >= 4 is 41.3 Å². The van der Waals surface area contributed by atoms with Gasteiger partial charge in [0.05, 0.1) is 22.9 Å². The van der Waals surface area contributed by atoms with Gasteiger partial charge in [0.15, 0.2) is 5.96 Å². The van der Waals surface area contributed by atoms with E-state index in [-0.39, 0.29) is 24.0 Å². The maximum atomic E-state index is 5.56. The van der Waals surface area contributed by atoms with Gasteiger partial charge in [0.1, 0.15) is 6.26 Å². The molecule has 0 aliphatic carbocycles. The Morgan fingerprint density at radius 3 is 2.61 bits per heavy atom. The van der Waals surface area contributed by atoms with Crippen molar-refractivity contribution in [3.05, 3.63) is 58.4 Å². The molecule has 2 N–H and O–H groups in total. The van der Waals surface area contributed by atoms with Crippen LogP contribution >= 0.6 is 35.3 Å². The van der Waals surface area contributed by atoms with E-state index in [1.165, 1.54) is 5.01 Å². The first kappa shape index (κ1) is 22.4. The summed E-state index contributed by atoms with van der Waals surface area (Å²) in [5, 5.41) is 9.89. The number of aliphatic imine (C=N–C) groups is 1. The zero-order valence-electron chi connectivity index (χ0n) is 16.3. The predicted octanol–water partition coefficient (Wildman–Crippen LogP) is 4.45. The molecule has 2 aromatic heterocycles. The van der Waals surface area contributed by atoms with E-state index in [4.69, 9.17) is 4.42 Å². The third-order valence-corrected chi connectivity index (χ3v) is 5.16. The Hall–Kier alpha value is -1.94. The molecule has 3 rings (SSSR count). The molecule has 0 atom stereocenters. The molecule has 0 aliphatic rings. The highest BCUT2D eigenvalue weighted by atomic mass is 127. The molecule has 0 fully saturated rings. The summed E-state index contributed by atoms with van der Waals surface area (Å²) in [6, 6.07) is 9.87. The number of thiazole rings is 1. The standard InChI is InChI=1S/C20H25N5OS.HI/c1-14(2)19-25-16(13-27-19)9-10-22-20(21-3)23-11-17-12-26-18(24-17)15-7-5-4-6-8-15;/h4-8,12-14H,9-11H2,1-3H3,(H2,21,22,23);1H. The first-order valence-electron chi connectivity index (χ1n) is 9.04. The highest BCUT2D eigenvalue weighted by Crippen LogP contribution is 2.19. The summed E-state index contributed by atoms with van der Waals surface area (Å²) in [5.74, 6) is 1.84. The third-order valence-electron chi connectivity index (χ3n) is 3.97. The summed E-state index contributed by atoms with van der Waals surface area (Å²) < 4.78 is 5.56. The van der Waals surface area contributed by atoms with Gasteiger partial charge in [0.25, 0.3) is 0 Å². The Morgan fingerprint density at radius 1 is 1.14 bits per heavy atom. The number of hydrogen-bond acceptors (Lipinski definition) is 5. The molecule has 2 heterocycles. The van der Waals surface area contributed by atoms with Crippen LogP contribution in [0.1, 0.15) is 36.2 Å². The average Bonchev–Trinajstić information content (AvgIpc) is 3.35. The van der Waals surface area contributed by atoms with Crippen LogP contribution < -0.4 is 10.6 Å². The first-order valence-corrected chi connectivity index (χ1v) is 9.92. The smallest absolute Gasteiger partial charge is 0.226 e. The molecular weight excluding hydrogens is 485 g/mol. The number of rotatable bonds is 7. The number of hydrogen-bond donors (Lipinski definition) is 2. The van der Waals surface area contributed by atoms with Crippen LogP contribution in [0, 0.1) is 0 Å². The van der Waals surface area contributed by atoms with Crippen LogP contribution in [0.4, 0.5) is 0 Å². The minimum absolute atomic E-state index is 0. The average molecular weight is 511 g/mol. The minimum atomic E-state index is 0. The van der Waals surface area contributed by atoms with Crippen LogP contribution in [0.5, 0.6) is 0 Å². The lowest BCUT2D eigenvalue weighted by Crippen LogP contribution is -2.37. The van der Waals surface area contributed by atoms with Crippen LogP contribution in [-0.4, -0.2) is 29.5 Å². The summed E-state index contributed by atoms with van der Waals surface area (Å²) in [6.45, 7) is 5.65. The van der Waals surface area contributed by atoms with Crippen molar-refractivity contribution in [2.24, 2.45) is 4.99 Å². The Labute approximate surface area is 186 Å². The second kappa shape index (κ2) is 11.2. The van der Waals surface area contributed by atoms with Gasteiger partial charge in [-0.3, -0.25) is 4.99 Å². The Kier molecular flexibility index (Phi) is 8.91. The number of nitrogens with zero attached hydrogens (tertiary/aromatic N) is 3.